The molecule has 1 fully saturated rings. The summed E-state index contributed by atoms with van der Waals surface area (Å²) in [4.78, 5) is 27.0. The van der Waals surface area contributed by atoms with Gasteiger partial charge in [0, 0.05) is 24.7 Å². The molecule has 0 aromatic carbocycles. The van der Waals surface area contributed by atoms with Gasteiger partial charge in [0.15, 0.2) is 5.78 Å². The summed E-state index contributed by atoms with van der Waals surface area (Å²) in [6.45, 7) is 0.137. The molecule has 1 N–H and O–H groups in total. The van der Waals surface area contributed by atoms with Crippen molar-refractivity contribution in [1.29, 1.82) is 0 Å². The number of nitrogens with zero attached hydrogens (tertiary/aromatic N) is 1. The molecule has 90 valence electrons. The predicted octanol–water partition coefficient (Wildman–Crippen LogP) is 1.11. The lowest BCUT2D eigenvalue weighted by atomic mass is 9.85. The number of hydrogen-bond donors (Lipinski definition) is 1. The maximum Gasteiger partial charge on any atom is 0.223 e. The van der Waals surface area contributed by atoms with Crippen molar-refractivity contribution in [2.75, 3.05) is 6.54 Å². The minimum absolute atomic E-state index is 0.0272. The zero-order valence-corrected chi connectivity index (χ0v) is 9.69. The number of ketones is 1. The fourth-order valence-corrected chi connectivity index (χ4v) is 1.79. The molecule has 4 nitrogen and oxygen atoms in total. The van der Waals surface area contributed by atoms with Gasteiger partial charge in [-0.25, -0.2) is 0 Å². The van der Waals surface area contributed by atoms with Crippen LogP contribution in [0.15, 0.2) is 24.5 Å². The standard InChI is InChI=1S/C13H16N2O2/c16-12(8-10-4-6-14-7-5-10)9-15-13(17)11-2-1-3-11/h4-7,11H,1-3,8-9H2,(H,15,17). The van der Waals surface area contributed by atoms with Crippen LogP contribution in [-0.2, 0) is 16.0 Å². The number of carbonyl (C=O) groups is 2. The molecule has 1 aromatic heterocycles. The van der Waals surface area contributed by atoms with Gasteiger partial charge in [-0.05, 0) is 30.5 Å². The minimum atomic E-state index is 0.0272. The highest BCUT2D eigenvalue weighted by Crippen LogP contribution is 2.25. The van der Waals surface area contributed by atoms with Crippen LogP contribution in [0.5, 0.6) is 0 Å². The lowest BCUT2D eigenvalue weighted by Gasteiger charge is -2.23. The zero-order valence-electron chi connectivity index (χ0n) is 9.69. The number of amides is 1. The van der Waals surface area contributed by atoms with Gasteiger partial charge in [-0.1, -0.05) is 6.42 Å². The summed E-state index contributed by atoms with van der Waals surface area (Å²) < 4.78 is 0. The third-order valence-electron chi connectivity index (χ3n) is 3.09. The first kappa shape index (κ1) is 11.8. The van der Waals surface area contributed by atoms with Crippen LogP contribution in [0.2, 0.25) is 0 Å². The SMILES string of the molecule is O=C(CNC(=O)C1CCC1)Cc1ccncc1. The Morgan fingerprint density at radius 3 is 2.59 bits per heavy atom. The molecule has 2 rings (SSSR count). The van der Waals surface area contributed by atoms with E-state index in [4.69, 9.17) is 0 Å². The lowest BCUT2D eigenvalue weighted by molar-refractivity contribution is -0.129. The predicted molar refractivity (Wildman–Crippen MR) is 63.3 cm³/mol. The number of hydrogen-bond acceptors (Lipinski definition) is 3. The maximum absolute atomic E-state index is 11.6. The Morgan fingerprint density at radius 1 is 1.29 bits per heavy atom. The van der Waals surface area contributed by atoms with Crippen molar-refractivity contribution in [2.24, 2.45) is 5.92 Å². The molecule has 0 atom stereocenters. The largest absolute Gasteiger partial charge is 0.349 e. The molecule has 0 spiro atoms. The van der Waals surface area contributed by atoms with Crippen LogP contribution < -0.4 is 5.32 Å². The molecule has 4 heteroatoms. The van der Waals surface area contributed by atoms with Crippen LogP contribution in [-0.4, -0.2) is 23.2 Å². The van der Waals surface area contributed by atoms with Gasteiger partial charge in [0.05, 0.1) is 6.54 Å². The van der Waals surface area contributed by atoms with E-state index in [9.17, 15) is 9.59 Å². The highest BCUT2D eigenvalue weighted by Gasteiger charge is 2.25. The molecule has 0 bridgehead atoms. The summed E-state index contributed by atoms with van der Waals surface area (Å²) in [5, 5.41) is 2.70. The maximum atomic E-state index is 11.6. The summed E-state index contributed by atoms with van der Waals surface area (Å²) in [7, 11) is 0. The Morgan fingerprint density at radius 2 is 2.00 bits per heavy atom. The molecule has 1 aliphatic carbocycles. The van der Waals surface area contributed by atoms with E-state index in [0.29, 0.717) is 6.42 Å². The van der Waals surface area contributed by atoms with Crippen LogP contribution in [0.1, 0.15) is 24.8 Å². The van der Waals surface area contributed by atoms with Crippen molar-refractivity contribution in [3.05, 3.63) is 30.1 Å². The van der Waals surface area contributed by atoms with E-state index < -0.39 is 0 Å². The summed E-state index contributed by atoms with van der Waals surface area (Å²) in [6, 6.07) is 3.62. The summed E-state index contributed by atoms with van der Waals surface area (Å²) in [5.41, 5.74) is 0.933. The number of carbonyl (C=O) groups excluding carboxylic acids is 2. The van der Waals surface area contributed by atoms with Crippen LogP contribution in [0.25, 0.3) is 0 Å². The van der Waals surface area contributed by atoms with Gasteiger partial charge in [0.25, 0.3) is 0 Å². The Balaban J connectivity index is 1.72. The molecule has 1 aromatic rings. The summed E-state index contributed by atoms with van der Waals surface area (Å²) in [6.07, 6.45) is 6.73. The van der Waals surface area contributed by atoms with E-state index in [-0.39, 0.29) is 24.2 Å². The fourth-order valence-electron chi connectivity index (χ4n) is 1.79. The second-order valence-electron chi connectivity index (χ2n) is 4.42. The van der Waals surface area contributed by atoms with Crippen LogP contribution >= 0.6 is 0 Å². The number of rotatable bonds is 5. The molecule has 0 saturated heterocycles. The molecule has 1 amide bonds. The molecule has 1 saturated carbocycles. The van der Waals surface area contributed by atoms with Crippen molar-refractivity contribution >= 4 is 11.7 Å². The van der Waals surface area contributed by atoms with E-state index in [0.717, 1.165) is 24.8 Å². The summed E-state index contributed by atoms with van der Waals surface area (Å²) >= 11 is 0. The highest BCUT2D eigenvalue weighted by molar-refractivity contribution is 5.88. The second kappa shape index (κ2) is 5.57. The van der Waals surface area contributed by atoms with Crippen LogP contribution in [0.4, 0.5) is 0 Å². The molecule has 0 aliphatic heterocycles. The fraction of sp³-hybridized carbons (Fsp3) is 0.462. The molecular formula is C13H16N2O2. The van der Waals surface area contributed by atoms with Crippen molar-refractivity contribution in [1.82, 2.24) is 10.3 Å². The molecule has 17 heavy (non-hydrogen) atoms. The Bertz CT molecular complexity index is 399. The molecule has 1 aliphatic rings. The molecular weight excluding hydrogens is 216 g/mol. The van der Waals surface area contributed by atoms with Crippen molar-refractivity contribution in [2.45, 2.75) is 25.7 Å². The quantitative estimate of drug-likeness (QED) is 0.827. The Hall–Kier alpha value is -1.71. The monoisotopic (exact) mass is 232 g/mol. The minimum Gasteiger partial charge on any atom is -0.349 e. The molecule has 0 unspecified atom stereocenters. The van der Waals surface area contributed by atoms with Crippen LogP contribution in [0, 0.1) is 5.92 Å². The van der Waals surface area contributed by atoms with Crippen molar-refractivity contribution in [3.63, 3.8) is 0 Å². The average Bonchev–Trinajstić information content (AvgIpc) is 2.25. The second-order valence-corrected chi connectivity index (χ2v) is 4.42. The number of nitrogens with one attached hydrogen (secondary N) is 1. The van der Waals surface area contributed by atoms with E-state index in [1.54, 1.807) is 12.4 Å². The van der Waals surface area contributed by atoms with Gasteiger partial charge >= 0.3 is 0 Å². The number of pyridine rings is 1. The van der Waals surface area contributed by atoms with E-state index >= 15 is 0 Å². The number of Topliss-reactive ketones (excluding diaryl/α,β-unsaturated/α-hetero) is 1. The zero-order chi connectivity index (χ0) is 12.1. The van der Waals surface area contributed by atoms with Gasteiger partial charge in [-0.2, -0.15) is 0 Å². The van der Waals surface area contributed by atoms with E-state index in [1.165, 1.54) is 0 Å². The normalized spacial score (nSPS) is 15.1. The van der Waals surface area contributed by atoms with Gasteiger partial charge in [-0.3, -0.25) is 14.6 Å². The smallest absolute Gasteiger partial charge is 0.223 e. The topological polar surface area (TPSA) is 59.1 Å². The first-order chi connectivity index (χ1) is 8.25. The van der Waals surface area contributed by atoms with Crippen molar-refractivity contribution < 1.29 is 9.59 Å². The summed E-state index contributed by atoms with van der Waals surface area (Å²) in [5.74, 6) is 0.201. The van der Waals surface area contributed by atoms with E-state index in [1.807, 2.05) is 12.1 Å². The van der Waals surface area contributed by atoms with Crippen molar-refractivity contribution in [3.8, 4) is 0 Å². The van der Waals surface area contributed by atoms with Gasteiger partial charge in [0.1, 0.15) is 0 Å². The Labute approximate surface area is 100 Å². The Kier molecular flexibility index (Phi) is 3.85. The van der Waals surface area contributed by atoms with E-state index in [2.05, 4.69) is 10.3 Å². The third-order valence-corrected chi connectivity index (χ3v) is 3.09. The molecule has 1 heterocycles. The van der Waals surface area contributed by atoms with Gasteiger partial charge in [0.2, 0.25) is 5.91 Å². The first-order valence-corrected chi connectivity index (χ1v) is 5.94. The highest BCUT2D eigenvalue weighted by atomic mass is 16.2. The molecule has 0 radical (unpaired) electrons. The number of aromatic nitrogens is 1. The van der Waals surface area contributed by atoms with Crippen LogP contribution in [0.3, 0.4) is 0 Å². The first-order valence-electron chi connectivity index (χ1n) is 5.94. The van der Waals surface area contributed by atoms with Gasteiger partial charge in [-0.15, -0.1) is 0 Å². The van der Waals surface area contributed by atoms with Gasteiger partial charge < -0.3 is 5.32 Å². The average molecular weight is 232 g/mol. The lowest BCUT2D eigenvalue weighted by Crippen LogP contribution is -2.37. The third kappa shape index (κ3) is 3.37.